The fourth-order valence-electron chi connectivity index (χ4n) is 5.38. The zero-order valence-corrected chi connectivity index (χ0v) is 19.8. The topological polar surface area (TPSA) is 46.5 Å². The van der Waals surface area contributed by atoms with Gasteiger partial charge in [-0.25, -0.2) is 0 Å². The second-order valence-electron chi connectivity index (χ2n) is 10.5. The van der Waals surface area contributed by atoms with Crippen LogP contribution in [0, 0.1) is 5.92 Å². The molecule has 0 radical (unpaired) electrons. The molecule has 0 amide bonds. The van der Waals surface area contributed by atoms with Crippen molar-refractivity contribution in [3.63, 3.8) is 0 Å². The van der Waals surface area contributed by atoms with Gasteiger partial charge in [0.05, 0.1) is 0 Å². The minimum absolute atomic E-state index is 0.0135. The van der Waals surface area contributed by atoms with E-state index in [2.05, 4.69) is 46.8 Å². The average molecular weight is 413 g/mol. The van der Waals surface area contributed by atoms with Gasteiger partial charge in [0.1, 0.15) is 17.1 Å². The molecular formula is C27H40O3. The van der Waals surface area contributed by atoms with Gasteiger partial charge in [0.2, 0.25) is 0 Å². The molecule has 1 aromatic carbocycles. The van der Waals surface area contributed by atoms with E-state index in [9.17, 15) is 9.90 Å². The number of Topliss-reactive ketones (excluding diaryl/α,β-unsaturated/α-hetero) is 1. The number of rotatable bonds is 8. The van der Waals surface area contributed by atoms with Gasteiger partial charge in [0, 0.05) is 23.8 Å². The Kier molecular flexibility index (Phi) is 6.69. The lowest BCUT2D eigenvalue weighted by Gasteiger charge is -2.47. The number of fused-ring (bicyclic) bond motifs is 3. The highest BCUT2D eigenvalue weighted by Gasteiger charge is 2.46. The van der Waals surface area contributed by atoms with Crippen LogP contribution in [0.15, 0.2) is 23.8 Å². The van der Waals surface area contributed by atoms with Gasteiger partial charge in [0.25, 0.3) is 0 Å². The number of ether oxygens (including phenoxy) is 1. The largest absolute Gasteiger partial charge is 0.508 e. The Labute approximate surface area is 182 Å². The monoisotopic (exact) mass is 412 g/mol. The number of hydrogen-bond acceptors (Lipinski definition) is 3. The highest BCUT2D eigenvalue weighted by atomic mass is 16.5. The van der Waals surface area contributed by atoms with E-state index < -0.39 is 0 Å². The van der Waals surface area contributed by atoms with Crippen molar-refractivity contribution in [1.82, 2.24) is 0 Å². The highest BCUT2D eigenvalue weighted by molar-refractivity contribution is 5.95. The standard InChI is InChI=1S/C27H40O3/c1-7-9-10-11-14-26(3,4)19-16-23(29)25-20-15-18(22(28)8-2)12-13-21(20)27(5,6)30-24(25)17-19/h12,16-17,20-21,29H,7-11,13-15H2,1-6H3/t20-,21-/m1/s1. The Morgan fingerprint density at radius 1 is 1.20 bits per heavy atom. The van der Waals surface area contributed by atoms with Gasteiger partial charge >= 0.3 is 0 Å². The molecule has 0 saturated heterocycles. The Hall–Kier alpha value is -1.77. The molecule has 30 heavy (non-hydrogen) atoms. The van der Waals surface area contributed by atoms with Crippen molar-refractivity contribution in [2.75, 3.05) is 0 Å². The summed E-state index contributed by atoms with van der Waals surface area (Å²) in [6, 6.07) is 4.11. The van der Waals surface area contributed by atoms with Crippen molar-refractivity contribution in [3.8, 4) is 11.5 Å². The Bertz CT molecular complexity index is 816. The molecule has 0 fully saturated rings. The summed E-state index contributed by atoms with van der Waals surface area (Å²) in [5.41, 5.74) is 2.62. The smallest absolute Gasteiger partial charge is 0.158 e. The first-order valence-corrected chi connectivity index (χ1v) is 11.9. The molecule has 3 heteroatoms. The third-order valence-electron chi connectivity index (χ3n) is 7.42. The van der Waals surface area contributed by atoms with Gasteiger partial charge in [-0.3, -0.25) is 4.79 Å². The summed E-state index contributed by atoms with van der Waals surface area (Å²) in [6.45, 7) is 13.0. The zero-order chi connectivity index (χ0) is 22.1. The summed E-state index contributed by atoms with van der Waals surface area (Å²) in [5.74, 6) is 1.75. The molecule has 0 saturated carbocycles. The molecular weight excluding hydrogens is 372 g/mol. The number of phenols is 1. The number of hydrogen-bond donors (Lipinski definition) is 1. The van der Waals surface area contributed by atoms with Crippen LogP contribution in [0.4, 0.5) is 0 Å². The van der Waals surface area contributed by atoms with E-state index in [-0.39, 0.29) is 28.6 Å². The molecule has 1 heterocycles. The van der Waals surface area contributed by atoms with E-state index >= 15 is 0 Å². The van der Waals surface area contributed by atoms with Gasteiger partial charge in [-0.15, -0.1) is 0 Å². The third kappa shape index (κ3) is 4.45. The van der Waals surface area contributed by atoms with Crippen molar-refractivity contribution >= 4 is 5.78 Å². The number of aromatic hydroxyl groups is 1. The molecule has 1 aromatic rings. The Balaban J connectivity index is 1.94. The summed E-state index contributed by atoms with van der Waals surface area (Å²) in [5, 5.41) is 11.1. The Morgan fingerprint density at radius 2 is 1.93 bits per heavy atom. The minimum atomic E-state index is -0.328. The van der Waals surface area contributed by atoms with Gasteiger partial charge in [-0.05, 0) is 61.8 Å². The molecule has 3 nitrogen and oxygen atoms in total. The molecule has 1 aliphatic heterocycles. The predicted octanol–water partition coefficient (Wildman–Crippen LogP) is 7.21. The first kappa shape index (κ1) is 22.9. The number of ketones is 1. The maximum atomic E-state index is 12.4. The van der Waals surface area contributed by atoms with Crippen molar-refractivity contribution in [2.45, 2.75) is 110 Å². The number of carbonyl (C=O) groups is 1. The second-order valence-corrected chi connectivity index (χ2v) is 10.5. The van der Waals surface area contributed by atoms with Crippen LogP contribution in [0.1, 0.15) is 110 Å². The minimum Gasteiger partial charge on any atom is -0.508 e. The van der Waals surface area contributed by atoms with Crippen molar-refractivity contribution in [1.29, 1.82) is 0 Å². The van der Waals surface area contributed by atoms with Crippen molar-refractivity contribution in [2.24, 2.45) is 5.92 Å². The lowest BCUT2D eigenvalue weighted by Crippen LogP contribution is -2.45. The number of unbranched alkanes of at least 4 members (excludes halogenated alkanes) is 3. The quantitative estimate of drug-likeness (QED) is 0.459. The van der Waals surface area contributed by atoms with Crippen molar-refractivity contribution in [3.05, 3.63) is 34.9 Å². The van der Waals surface area contributed by atoms with E-state index in [4.69, 9.17) is 4.74 Å². The normalized spacial score (nSPS) is 22.5. The first-order valence-electron chi connectivity index (χ1n) is 11.9. The summed E-state index contributed by atoms with van der Waals surface area (Å²) >= 11 is 0. The van der Waals surface area contributed by atoms with E-state index in [0.717, 1.165) is 35.3 Å². The fourth-order valence-corrected chi connectivity index (χ4v) is 5.38. The van der Waals surface area contributed by atoms with Crippen LogP contribution in [0.5, 0.6) is 11.5 Å². The highest BCUT2D eigenvalue weighted by Crippen LogP contribution is 2.55. The van der Waals surface area contributed by atoms with Crippen LogP contribution >= 0.6 is 0 Å². The first-order chi connectivity index (χ1) is 14.1. The van der Waals surface area contributed by atoms with Crippen LogP contribution in [0.25, 0.3) is 0 Å². The lowest BCUT2D eigenvalue weighted by molar-refractivity contribution is -0.115. The van der Waals surface area contributed by atoms with E-state index in [0.29, 0.717) is 18.6 Å². The molecule has 2 aliphatic rings. The third-order valence-corrected chi connectivity index (χ3v) is 7.42. The summed E-state index contributed by atoms with van der Waals surface area (Å²) in [6.07, 6.45) is 10.2. The summed E-state index contributed by atoms with van der Waals surface area (Å²) < 4.78 is 6.50. The molecule has 0 spiro atoms. The maximum absolute atomic E-state index is 12.4. The van der Waals surface area contributed by atoms with Crippen LogP contribution in [0.3, 0.4) is 0 Å². The maximum Gasteiger partial charge on any atom is 0.158 e. The average Bonchev–Trinajstić information content (AvgIpc) is 2.69. The lowest BCUT2D eigenvalue weighted by atomic mass is 9.66. The van der Waals surface area contributed by atoms with Crippen LogP contribution in [0.2, 0.25) is 0 Å². The summed E-state index contributed by atoms with van der Waals surface area (Å²) in [4.78, 5) is 12.4. The number of phenolic OH excluding ortho intramolecular Hbond substituents is 1. The predicted molar refractivity (Wildman–Crippen MR) is 123 cm³/mol. The van der Waals surface area contributed by atoms with Crippen LogP contribution in [-0.2, 0) is 10.2 Å². The zero-order valence-electron chi connectivity index (χ0n) is 19.8. The molecule has 0 unspecified atom stereocenters. The SMILES string of the molecule is CCCCCCC(C)(C)c1cc(O)c2c(c1)OC(C)(C)[C@@H]1CC=C(C(=O)CC)C[C@@H]21. The molecule has 166 valence electrons. The molecule has 3 rings (SSSR count). The van der Waals surface area contributed by atoms with Gasteiger partial charge in [0.15, 0.2) is 5.78 Å². The van der Waals surface area contributed by atoms with E-state index in [1.807, 2.05) is 13.0 Å². The van der Waals surface area contributed by atoms with Crippen molar-refractivity contribution < 1.29 is 14.6 Å². The molecule has 0 aromatic heterocycles. The fraction of sp³-hybridized carbons (Fsp3) is 0.667. The number of benzene rings is 1. The Morgan fingerprint density at radius 3 is 2.60 bits per heavy atom. The van der Waals surface area contributed by atoms with Gasteiger partial charge in [-0.1, -0.05) is 59.5 Å². The van der Waals surface area contributed by atoms with Gasteiger partial charge in [-0.2, -0.15) is 0 Å². The van der Waals surface area contributed by atoms with E-state index in [1.54, 1.807) is 0 Å². The molecule has 2 atom stereocenters. The van der Waals surface area contributed by atoms with Crippen LogP contribution < -0.4 is 4.74 Å². The number of allylic oxidation sites excluding steroid dienone is 2. The number of carbonyl (C=O) groups excluding carboxylic acids is 1. The molecule has 1 aliphatic carbocycles. The summed E-state index contributed by atoms with van der Waals surface area (Å²) in [7, 11) is 0. The second kappa shape index (κ2) is 8.77. The molecule has 1 N–H and O–H groups in total. The molecule has 0 bridgehead atoms. The van der Waals surface area contributed by atoms with Crippen LogP contribution in [-0.4, -0.2) is 16.5 Å². The van der Waals surface area contributed by atoms with Gasteiger partial charge < -0.3 is 9.84 Å². The van der Waals surface area contributed by atoms with E-state index in [1.165, 1.54) is 25.7 Å².